The summed E-state index contributed by atoms with van der Waals surface area (Å²) in [6.45, 7) is 0.189. The lowest BCUT2D eigenvalue weighted by Gasteiger charge is -2.20. The van der Waals surface area contributed by atoms with Gasteiger partial charge in [-0.1, -0.05) is 84.1 Å². The van der Waals surface area contributed by atoms with E-state index in [2.05, 4.69) is 4.98 Å². The minimum atomic E-state index is -0.779. The molecule has 0 spiro atoms. The molecule has 0 radical (unpaired) electrons. The van der Waals surface area contributed by atoms with Crippen LogP contribution in [-0.2, 0) is 6.54 Å². The van der Waals surface area contributed by atoms with Gasteiger partial charge in [-0.15, -0.1) is 0 Å². The van der Waals surface area contributed by atoms with Gasteiger partial charge in [-0.3, -0.25) is 14.5 Å². The van der Waals surface area contributed by atoms with Crippen molar-refractivity contribution >= 4 is 38.4 Å². The summed E-state index contributed by atoms with van der Waals surface area (Å²) in [5.41, 5.74) is 2.22. The highest BCUT2D eigenvalue weighted by molar-refractivity contribution is 7.22. The molecule has 5 rings (SSSR count). The molecule has 1 heterocycles. The molecular formula is C28H18F2N2O2S. The molecule has 0 saturated carbocycles. The molecule has 4 nitrogen and oxygen atoms in total. The number of carbonyl (C=O) groups is 2. The second kappa shape index (κ2) is 9.56. The Morgan fingerprint density at radius 1 is 0.771 bits per heavy atom. The number of amides is 1. The molecule has 0 N–H and O–H groups in total. The van der Waals surface area contributed by atoms with Crippen LogP contribution in [0.25, 0.3) is 10.2 Å². The largest absolute Gasteiger partial charge is 0.289 e. The summed E-state index contributed by atoms with van der Waals surface area (Å²) in [6, 6.07) is 26.6. The van der Waals surface area contributed by atoms with Crippen molar-refractivity contribution in [3.05, 3.63) is 131 Å². The Morgan fingerprint density at radius 3 is 2.06 bits per heavy atom. The molecule has 0 bridgehead atoms. The molecule has 1 amide bonds. The smallest absolute Gasteiger partial charge is 0.260 e. The quantitative estimate of drug-likeness (QED) is 0.254. The molecular weight excluding hydrogens is 466 g/mol. The van der Waals surface area contributed by atoms with Crippen molar-refractivity contribution in [3.8, 4) is 0 Å². The van der Waals surface area contributed by atoms with E-state index in [9.17, 15) is 18.4 Å². The first kappa shape index (κ1) is 22.6. The average Bonchev–Trinajstić information content (AvgIpc) is 3.32. The number of hydrogen-bond donors (Lipinski definition) is 0. The first-order valence-electron chi connectivity index (χ1n) is 10.8. The lowest BCUT2D eigenvalue weighted by atomic mass is 10.0. The second-order valence-electron chi connectivity index (χ2n) is 7.88. The maximum atomic E-state index is 14.3. The van der Waals surface area contributed by atoms with Crippen LogP contribution >= 0.6 is 11.3 Å². The van der Waals surface area contributed by atoms with E-state index >= 15 is 0 Å². The van der Waals surface area contributed by atoms with Crippen LogP contribution in [0.4, 0.5) is 13.9 Å². The summed E-state index contributed by atoms with van der Waals surface area (Å²) in [4.78, 5) is 32.0. The number of carbonyl (C=O) groups excluding carboxylic acids is 2. The Kier molecular flexibility index (Phi) is 6.16. The molecule has 0 aliphatic carbocycles. The van der Waals surface area contributed by atoms with Crippen molar-refractivity contribution in [3.63, 3.8) is 0 Å². The standard InChI is InChI=1S/C28H18F2N2O2S/c29-22-15-23(30)25-24(16-22)35-28(31-25)32(17-18-7-3-1-4-8-18)27(34)21-13-11-20(12-14-21)26(33)19-9-5-2-6-10-19/h1-16H,17H2. The van der Waals surface area contributed by atoms with E-state index in [0.717, 1.165) is 23.0 Å². The van der Waals surface area contributed by atoms with E-state index in [-0.39, 0.29) is 28.9 Å². The molecule has 0 fully saturated rings. The molecule has 4 aromatic carbocycles. The number of ketones is 1. The van der Waals surface area contributed by atoms with E-state index in [0.29, 0.717) is 21.4 Å². The first-order chi connectivity index (χ1) is 17.0. The van der Waals surface area contributed by atoms with E-state index in [1.165, 1.54) is 11.0 Å². The van der Waals surface area contributed by atoms with Gasteiger partial charge in [0.2, 0.25) is 0 Å². The monoisotopic (exact) mass is 484 g/mol. The highest BCUT2D eigenvalue weighted by Crippen LogP contribution is 2.33. The molecule has 5 aromatic rings. The number of fused-ring (bicyclic) bond motifs is 1. The fraction of sp³-hybridized carbons (Fsp3) is 0.0357. The minimum absolute atomic E-state index is 0.0149. The fourth-order valence-corrected chi connectivity index (χ4v) is 4.73. The van der Waals surface area contributed by atoms with E-state index in [4.69, 9.17) is 0 Å². The summed E-state index contributed by atoms with van der Waals surface area (Å²) in [7, 11) is 0. The SMILES string of the molecule is O=C(c1ccccc1)c1ccc(C(=O)N(Cc2ccccc2)c2nc3c(F)cc(F)cc3s2)cc1. The normalized spacial score (nSPS) is 10.9. The van der Waals surface area contributed by atoms with Crippen molar-refractivity contribution in [2.24, 2.45) is 0 Å². The summed E-state index contributed by atoms with van der Waals surface area (Å²) in [6.07, 6.45) is 0. The lowest BCUT2D eigenvalue weighted by Crippen LogP contribution is -2.30. The van der Waals surface area contributed by atoms with Gasteiger partial charge in [0, 0.05) is 22.8 Å². The van der Waals surface area contributed by atoms with Gasteiger partial charge in [-0.05, 0) is 23.8 Å². The van der Waals surface area contributed by atoms with Crippen LogP contribution in [0.5, 0.6) is 0 Å². The summed E-state index contributed by atoms with van der Waals surface area (Å²) < 4.78 is 28.4. The molecule has 0 atom stereocenters. The number of nitrogens with zero attached hydrogens (tertiary/aromatic N) is 2. The van der Waals surface area contributed by atoms with E-state index in [1.807, 2.05) is 36.4 Å². The molecule has 172 valence electrons. The number of anilines is 1. The van der Waals surface area contributed by atoms with Gasteiger partial charge < -0.3 is 0 Å². The van der Waals surface area contributed by atoms with Crippen LogP contribution in [-0.4, -0.2) is 16.7 Å². The third-order valence-electron chi connectivity index (χ3n) is 5.49. The Morgan fingerprint density at radius 2 is 1.37 bits per heavy atom. The minimum Gasteiger partial charge on any atom is -0.289 e. The number of aromatic nitrogens is 1. The van der Waals surface area contributed by atoms with Crippen LogP contribution in [0.2, 0.25) is 0 Å². The van der Waals surface area contributed by atoms with Gasteiger partial charge in [0.25, 0.3) is 5.91 Å². The van der Waals surface area contributed by atoms with Crippen LogP contribution in [0.3, 0.4) is 0 Å². The number of hydrogen-bond acceptors (Lipinski definition) is 4. The van der Waals surface area contributed by atoms with Crippen LogP contribution in [0.15, 0.2) is 97.1 Å². The molecule has 7 heteroatoms. The number of rotatable bonds is 6. The molecule has 0 aliphatic rings. The van der Waals surface area contributed by atoms with Crippen LogP contribution < -0.4 is 4.90 Å². The number of halogens is 2. The van der Waals surface area contributed by atoms with Gasteiger partial charge in [-0.25, -0.2) is 13.8 Å². The van der Waals surface area contributed by atoms with Gasteiger partial charge in [0.1, 0.15) is 11.3 Å². The van der Waals surface area contributed by atoms with Gasteiger partial charge in [-0.2, -0.15) is 0 Å². The third kappa shape index (κ3) is 4.72. The Hall–Kier alpha value is -4.23. The Bertz CT molecular complexity index is 1520. The maximum Gasteiger partial charge on any atom is 0.260 e. The van der Waals surface area contributed by atoms with Crippen LogP contribution in [0.1, 0.15) is 31.8 Å². The fourth-order valence-electron chi connectivity index (χ4n) is 3.73. The van der Waals surface area contributed by atoms with Crippen molar-refractivity contribution in [2.45, 2.75) is 6.54 Å². The average molecular weight is 485 g/mol. The zero-order chi connectivity index (χ0) is 24.4. The zero-order valence-electron chi connectivity index (χ0n) is 18.3. The molecule has 0 unspecified atom stereocenters. The molecule has 35 heavy (non-hydrogen) atoms. The topological polar surface area (TPSA) is 50.3 Å². The van der Waals surface area contributed by atoms with Crippen LogP contribution in [0, 0.1) is 11.6 Å². The third-order valence-corrected chi connectivity index (χ3v) is 6.52. The van der Waals surface area contributed by atoms with E-state index < -0.39 is 11.6 Å². The van der Waals surface area contributed by atoms with Gasteiger partial charge in [0.05, 0.1) is 11.2 Å². The van der Waals surface area contributed by atoms with Crippen molar-refractivity contribution in [1.82, 2.24) is 4.98 Å². The first-order valence-corrected chi connectivity index (χ1v) is 11.6. The Balaban J connectivity index is 1.50. The molecule has 0 saturated heterocycles. The lowest BCUT2D eigenvalue weighted by molar-refractivity contribution is 0.0982. The highest BCUT2D eigenvalue weighted by Gasteiger charge is 2.23. The predicted octanol–water partition coefficient (Wildman–Crippen LogP) is 6.65. The van der Waals surface area contributed by atoms with Crippen molar-refractivity contribution < 1.29 is 18.4 Å². The molecule has 1 aromatic heterocycles. The Labute approximate surface area is 204 Å². The second-order valence-corrected chi connectivity index (χ2v) is 8.89. The summed E-state index contributed by atoms with van der Waals surface area (Å²) in [5, 5.41) is 0.253. The zero-order valence-corrected chi connectivity index (χ0v) is 19.1. The van der Waals surface area contributed by atoms with Crippen molar-refractivity contribution in [1.29, 1.82) is 0 Å². The summed E-state index contributed by atoms with van der Waals surface area (Å²) in [5.74, 6) is -2.00. The van der Waals surface area contributed by atoms with E-state index in [1.54, 1.807) is 48.5 Å². The van der Waals surface area contributed by atoms with Gasteiger partial charge >= 0.3 is 0 Å². The number of benzene rings is 4. The summed E-state index contributed by atoms with van der Waals surface area (Å²) >= 11 is 1.04. The number of thiazole rings is 1. The highest BCUT2D eigenvalue weighted by atomic mass is 32.1. The predicted molar refractivity (Wildman–Crippen MR) is 133 cm³/mol. The van der Waals surface area contributed by atoms with Gasteiger partial charge in [0.15, 0.2) is 16.7 Å². The molecule has 0 aliphatic heterocycles. The maximum absolute atomic E-state index is 14.3. The van der Waals surface area contributed by atoms with Crippen molar-refractivity contribution in [2.75, 3.05) is 4.90 Å².